The molecule has 5 aromatic carbocycles. The zero-order valence-electron chi connectivity index (χ0n) is 22.3. The Morgan fingerprint density at radius 2 is 0.976 bits per heavy atom. The molecule has 3 nitrogen and oxygen atoms in total. The predicted molar refractivity (Wildman–Crippen MR) is 170 cm³/mol. The molecular formula is C38H25N3. The number of rotatable bonds is 4. The predicted octanol–water partition coefficient (Wildman–Crippen LogP) is 9.70. The third-order valence-corrected chi connectivity index (χ3v) is 7.83. The molecule has 0 aliphatic rings. The van der Waals surface area contributed by atoms with Gasteiger partial charge in [-0.3, -0.25) is 4.98 Å². The lowest BCUT2D eigenvalue weighted by atomic mass is 9.98. The van der Waals surface area contributed by atoms with E-state index in [-0.39, 0.29) is 0 Å². The van der Waals surface area contributed by atoms with Gasteiger partial charge in [0.1, 0.15) is 0 Å². The number of aromatic nitrogens is 3. The first-order chi connectivity index (χ1) is 20.3. The van der Waals surface area contributed by atoms with Gasteiger partial charge in [0.2, 0.25) is 0 Å². The standard InChI is InChI=1S/C38H25N3/c1-3-11-26(12-4-1)30-23-33(27-13-5-2-6-14-27)40-34(24-30)28-19-21-29(22-20-28)38-31-15-7-9-17-35(31)41-36-18-10-8-16-32(36)39-25-37(38)41/h1-25H. The molecule has 0 saturated carbocycles. The minimum atomic E-state index is 0.955. The molecule has 0 atom stereocenters. The van der Waals surface area contributed by atoms with Crippen LogP contribution in [0, 0.1) is 0 Å². The number of benzene rings is 5. The Bertz CT molecular complexity index is 2120. The number of fused-ring (bicyclic) bond motifs is 5. The molecule has 0 N–H and O–H groups in total. The average Bonchev–Trinajstić information content (AvgIpc) is 3.40. The van der Waals surface area contributed by atoms with Crippen LogP contribution < -0.4 is 0 Å². The number of hydrogen-bond donors (Lipinski definition) is 0. The third kappa shape index (κ3) is 3.98. The first kappa shape index (κ1) is 23.4. The van der Waals surface area contributed by atoms with Crippen LogP contribution in [0.1, 0.15) is 0 Å². The molecule has 0 fully saturated rings. The fraction of sp³-hybridized carbons (Fsp3) is 0. The first-order valence-electron chi connectivity index (χ1n) is 13.8. The fourth-order valence-corrected chi connectivity index (χ4v) is 5.88. The number of nitrogens with zero attached hydrogens (tertiary/aromatic N) is 3. The van der Waals surface area contributed by atoms with Crippen molar-refractivity contribution in [3.05, 3.63) is 152 Å². The monoisotopic (exact) mass is 523 g/mol. The van der Waals surface area contributed by atoms with Gasteiger partial charge >= 0.3 is 0 Å². The molecule has 3 heteroatoms. The maximum Gasteiger partial charge on any atom is 0.0871 e. The van der Waals surface area contributed by atoms with Crippen LogP contribution in [-0.2, 0) is 0 Å². The van der Waals surface area contributed by atoms with E-state index < -0.39 is 0 Å². The van der Waals surface area contributed by atoms with Crippen molar-refractivity contribution in [1.82, 2.24) is 14.4 Å². The molecule has 192 valence electrons. The minimum absolute atomic E-state index is 0.955. The highest BCUT2D eigenvalue weighted by Crippen LogP contribution is 2.38. The minimum Gasteiger partial charge on any atom is -0.306 e. The quantitative estimate of drug-likeness (QED) is 0.230. The van der Waals surface area contributed by atoms with Crippen molar-refractivity contribution in [2.75, 3.05) is 0 Å². The number of para-hydroxylation sites is 3. The van der Waals surface area contributed by atoms with Crippen LogP contribution in [0.15, 0.2) is 152 Å². The van der Waals surface area contributed by atoms with Crippen LogP contribution in [0.2, 0.25) is 0 Å². The van der Waals surface area contributed by atoms with Crippen LogP contribution in [-0.4, -0.2) is 14.4 Å². The SMILES string of the molecule is c1ccc(-c2cc(-c3ccccc3)nc(-c3ccc(-c4c5ccccc5n5c4cnc4ccccc45)cc3)c2)cc1. The Morgan fingerprint density at radius 3 is 1.71 bits per heavy atom. The number of hydrogen-bond acceptors (Lipinski definition) is 2. The molecule has 8 rings (SSSR count). The van der Waals surface area contributed by atoms with Gasteiger partial charge in [0, 0.05) is 22.1 Å². The summed E-state index contributed by atoms with van der Waals surface area (Å²) in [6.07, 6.45) is 2.00. The van der Waals surface area contributed by atoms with Crippen LogP contribution >= 0.6 is 0 Å². The van der Waals surface area contributed by atoms with E-state index in [0.717, 1.165) is 50.2 Å². The van der Waals surface area contributed by atoms with E-state index in [1.165, 1.54) is 22.0 Å². The summed E-state index contributed by atoms with van der Waals surface area (Å²) in [5.74, 6) is 0. The second-order valence-corrected chi connectivity index (χ2v) is 10.3. The van der Waals surface area contributed by atoms with Crippen molar-refractivity contribution in [3.8, 4) is 44.8 Å². The summed E-state index contributed by atoms with van der Waals surface area (Å²) in [6.45, 7) is 0. The van der Waals surface area contributed by atoms with Crippen molar-refractivity contribution in [3.63, 3.8) is 0 Å². The summed E-state index contributed by atoms with van der Waals surface area (Å²) >= 11 is 0. The summed E-state index contributed by atoms with van der Waals surface area (Å²) < 4.78 is 2.33. The molecular weight excluding hydrogens is 498 g/mol. The highest BCUT2D eigenvalue weighted by atomic mass is 14.9. The van der Waals surface area contributed by atoms with Gasteiger partial charge in [0.25, 0.3) is 0 Å². The maximum absolute atomic E-state index is 5.11. The van der Waals surface area contributed by atoms with Gasteiger partial charge in [-0.15, -0.1) is 0 Å². The molecule has 0 saturated heterocycles. The van der Waals surface area contributed by atoms with E-state index in [1.807, 2.05) is 18.3 Å². The summed E-state index contributed by atoms with van der Waals surface area (Å²) in [6, 6.07) is 51.0. The van der Waals surface area contributed by atoms with Crippen molar-refractivity contribution in [1.29, 1.82) is 0 Å². The van der Waals surface area contributed by atoms with Crippen molar-refractivity contribution < 1.29 is 0 Å². The largest absolute Gasteiger partial charge is 0.306 e. The zero-order chi connectivity index (χ0) is 27.2. The van der Waals surface area contributed by atoms with E-state index in [9.17, 15) is 0 Å². The van der Waals surface area contributed by atoms with Gasteiger partial charge in [0.05, 0.1) is 39.7 Å². The molecule has 0 amide bonds. The van der Waals surface area contributed by atoms with Gasteiger partial charge in [-0.1, -0.05) is 115 Å². The molecule has 8 aromatic rings. The lowest BCUT2D eigenvalue weighted by molar-refractivity contribution is 1.27. The highest BCUT2D eigenvalue weighted by Gasteiger charge is 2.16. The Labute approximate surface area is 238 Å². The zero-order valence-corrected chi connectivity index (χ0v) is 22.3. The maximum atomic E-state index is 5.11. The van der Waals surface area contributed by atoms with Crippen molar-refractivity contribution >= 4 is 27.5 Å². The smallest absolute Gasteiger partial charge is 0.0871 e. The van der Waals surface area contributed by atoms with E-state index in [0.29, 0.717) is 0 Å². The summed E-state index contributed by atoms with van der Waals surface area (Å²) in [5.41, 5.74) is 13.2. The molecule has 0 unspecified atom stereocenters. The molecule has 41 heavy (non-hydrogen) atoms. The lowest BCUT2D eigenvalue weighted by Gasteiger charge is -2.11. The van der Waals surface area contributed by atoms with Crippen LogP contribution in [0.3, 0.4) is 0 Å². The normalized spacial score (nSPS) is 11.4. The molecule has 0 aliphatic carbocycles. The van der Waals surface area contributed by atoms with Gasteiger partial charge in [-0.25, -0.2) is 4.98 Å². The summed E-state index contributed by atoms with van der Waals surface area (Å²) in [5, 5.41) is 1.22. The van der Waals surface area contributed by atoms with E-state index in [2.05, 4.69) is 138 Å². The molecule has 3 aromatic heterocycles. The van der Waals surface area contributed by atoms with Gasteiger partial charge in [-0.05, 0) is 47.0 Å². The average molecular weight is 524 g/mol. The van der Waals surface area contributed by atoms with Gasteiger partial charge in [0.15, 0.2) is 0 Å². The van der Waals surface area contributed by atoms with Crippen molar-refractivity contribution in [2.45, 2.75) is 0 Å². The van der Waals surface area contributed by atoms with Crippen LogP contribution in [0.4, 0.5) is 0 Å². The summed E-state index contributed by atoms with van der Waals surface area (Å²) in [4.78, 5) is 9.91. The van der Waals surface area contributed by atoms with E-state index >= 15 is 0 Å². The van der Waals surface area contributed by atoms with Crippen LogP contribution in [0.25, 0.3) is 72.2 Å². The topological polar surface area (TPSA) is 30.2 Å². The van der Waals surface area contributed by atoms with Crippen LogP contribution in [0.5, 0.6) is 0 Å². The molecule has 0 spiro atoms. The Kier molecular flexibility index (Phi) is 5.46. The molecule has 0 bridgehead atoms. The van der Waals surface area contributed by atoms with Gasteiger partial charge < -0.3 is 4.40 Å². The second-order valence-electron chi connectivity index (χ2n) is 10.3. The molecule has 0 radical (unpaired) electrons. The Morgan fingerprint density at radius 1 is 0.415 bits per heavy atom. The Hall–Kier alpha value is -5.54. The fourth-order valence-electron chi connectivity index (χ4n) is 5.88. The van der Waals surface area contributed by atoms with Gasteiger partial charge in [-0.2, -0.15) is 0 Å². The molecule has 3 heterocycles. The Balaban J connectivity index is 1.29. The van der Waals surface area contributed by atoms with E-state index in [1.54, 1.807) is 0 Å². The highest BCUT2D eigenvalue weighted by molar-refractivity contribution is 6.08. The van der Waals surface area contributed by atoms with Crippen molar-refractivity contribution in [2.24, 2.45) is 0 Å². The second kappa shape index (κ2) is 9.58. The molecule has 0 aliphatic heterocycles. The summed E-state index contributed by atoms with van der Waals surface area (Å²) in [7, 11) is 0. The van der Waals surface area contributed by atoms with E-state index in [4.69, 9.17) is 9.97 Å². The third-order valence-electron chi connectivity index (χ3n) is 7.83. The first-order valence-corrected chi connectivity index (χ1v) is 13.8. The lowest BCUT2D eigenvalue weighted by Crippen LogP contribution is -1.92. The number of pyridine rings is 1.